The van der Waals surface area contributed by atoms with Crippen LogP contribution in [0.5, 0.6) is 11.5 Å². The van der Waals surface area contributed by atoms with Crippen molar-refractivity contribution >= 4 is 22.8 Å². The minimum Gasteiger partial charge on any atom is -0.507 e. The number of Topliss-reactive ketones (excluding diaryl/α,β-unsaturated/α-hetero) is 1. The third kappa shape index (κ3) is 3.61. The Balaban J connectivity index is 1.50. The molecule has 1 aromatic heterocycles. The second-order valence-electron chi connectivity index (χ2n) is 9.41. The van der Waals surface area contributed by atoms with Gasteiger partial charge in [0.05, 0.1) is 11.1 Å². The highest BCUT2D eigenvalue weighted by Crippen LogP contribution is 2.41. The van der Waals surface area contributed by atoms with E-state index in [1.165, 1.54) is 6.42 Å². The van der Waals surface area contributed by atoms with Crippen LogP contribution in [0.25, 0.3) is 17.0 Å². The van der Waals surface area contributed by atoms with Crippen molar-refractivity contribution in [1.29, 1.82) is 0 Å². The summed E-state index contributed by atoms with van der Waals surface area (Å²) in [5, 5.41) is 11.7. The number of aromatic hydroxyl groups is 1. The number of likely N-dealkylation sites (tertiary alicyclic amines) is 1. The summed E-state index contributed by atoms with van der Waals surface area (Å²) in [4.78, 5) is 15.5. The van der Waals surface area contributed by atoms with Gasteiger partial charge in [0.25, 0.3) is 0 Å². The number of piperidine rings is 1. The van der Waals surface area contributed by atoms with E-state index >= 15 is 0 Å². The molecule has 2 atom stereocenters. The fourth-order valence-corrected chi connectivity index (χ4v) is 5.39. The quantitative estimate of drug-likeness (QED) is 0.559. The molecule has 2 aliphatic heterocycles. The van der Waals surface area contributed by atoms with Crippen LogP contribution in [0.1, 0.15) is 48.7 Å². The fraction of sp³-hybridized carbons (Fsp3) is 0.370. The number of carbonyl (C=O) groups is 1. The van der Waals surface area contributed by atoms with Crippen LogP contribution in [0.2, 0.25) is 0 Å². The van der Waals surface area contributed by atoms with Gasteiger partial charge in [-0.2, -0.15) is 0 Å². The molecule has 0 spiro atoms. The Morgan fingerprint density at radius 2 is 1.88 bits per heavy atom. The number of hydrogen-bond donors (Lipinski definition) is 1. The van der Waals surface area contributed by atoms with Crippen molar-refractivity contribution in [3.8, 4) is 11.5 Å². The lowest BCUT2D eigenvalue weighted by molar-refractivity contribution is 0.101. The number of benzene rings is 2. The summed E-state index contributed by atoms with van der Waals surface area (Å²) < 4.78 is 8.31. The van der Waals surface area contributed by atoms with Gasteiger partial charge in [-0.1, -0.05) is 32.0 Å². The first-order valence-corrected chi connectivity index (χ1v) is 11.5. The van der Waals surface area contributed by atoms with Crippen LogP contribution < -0.4 is 4.74 Å². The first kappa shape index (κ1) is 20.8. The molecule has 1 N–H and O–H groups in total. The predicted molar refractivity (Wildman–Crippen MR) is 127 cm³/mol. The molecule has 0 bridgehead atoms. The maximum Gasteiger partial charge on any atom is 0.231 e. The number of ether oxygens (including phenoxy) is 1. The predicted octanol–water partition coefficient (Wildman–Crippen LogP) is 5.46. The summed E-state index contributed by atoms with van der Waals surface area (Å²) in [6.07, 6.45) is 5.12. The number of aromatic nitrogens is 1. The zero-order valence-corrected chi connectivity index (χ0v) is 19.0. The van der Waals surface area contributed by atoms with Crippen molar-refractivity contribution in [2.75, 3.05) is 13.1 Å². The van der Waals surface area contributed by atoms with Crippen LogP contribution in [-0.4, -0.2) is 33.4 Å². The van der Waals surface area contributed by atoms with Gasteiger partial charge in [0.1, 0.15) is 11.5 Å². The molecule has 0 unspecified atom stereocenters. The average molecular weight is 431 g/mol. The van der Waals surface area contributed by atoms with E-state index in [1.54, 1.807) is 12.1 Å². The molecule has 2 aromatic carbocycles. The van der Waals surface area contributed by atoms with E-state index in [2.05, 4.69) is 48.6 Å². The van der Waals surface area contributed by atoms with Crippen molar-refractivity contribution in [1.82, 2.24) is 9.47 Å². The molecule has 0 saturated carbocycles. The van der Waals surface area contributed by atoms with Gasteiger partial charge in [0.15, 0.2) is 5.76 Å². The summed E-state index contributed by atoms with van der Waals surface area (Å²) in [5.41, 5.74) is 3.33. The molecular weight excluding hydrogens is 400 g/mol. The molecule has 0 radical (unpaired) electrons. The lowest BCUT2D eigenvalue weighted by Crippen LogP contribution is -2.38. The van der Waals surface area contributed by atoms with Crippen LogP contribution in [0.4, 0.5) is 0 Å². The van der Waals surface area contributed by atoms with Gasteiger partial charge in [-0.25, -0.2) is 0 Å². The highest BCUT2D eigenvalue weighted by Gasteiger charge is 2.33. The monoisotopic (exact) mass is 430 g/mol. The van der Waals surface area contributed by atoms with Crippen LogP contribution in [0, 0.1) is 11.8 Å². The number of hydrogen-bond acceptors (Lipinski definition) is 4. The second-order valence-corrected chi connectivity index (χ2v) is 9.41. The zero-order valence-electron chi connectivity index (χ0n) is 19.0. The molecule has 3 heterocycles. The number of para-hydroxylation sites is 1. The van der Waals surface area contributed by atoms with E-state index in [4.69, 9.17) is 4.74 Å². The number of rotatable bonds is 4. The first-order chi connectivity index (χ1) is 15.4. The summed E-state index contributed by atoms with van der Waals surface area (Å²) in [6, 6.07) is 11.5. The van der Waals surface area contributed by atoms with Crippen molar-refractivity contribution < 1.29 is 14.6 Å². The summed E-state index contributed by atoms with van der Waals surface area (Å²) >= 11 is 0. The highest BCUT2D eigenvalue weighted by molar-refractivity contribution is 6.15. The Morgan fingerprint density at radius 3 is 2.62 bits per heavy atom. The van der Waals surface area contributed by atoms with E-state index in [1.807, 2.05) is 18.2 Å². The number of allylic oxidation sites excluding steroid dienone is 1. The van der Waals surface area contributed by atoms with E-state index in [0.29, 0.717) is 41.0 Å². The Labute approximate surface area is 188 Å². The Morgan fingerprint density at radius 1 is 1.12 bits per heavy atom. The molecule has 166 valence electrons. The second kappa shape index (κ2) is 8.14. The molecule has 0 amide bonds. The Kier molecular flexibility index (Phi) is 5.30. The standard InChI is InChI=1S/C27H30N2O3/c1-4-29-15-19(20-7-5-6-8-23(20)29)12-25-26(31)21-9-10-24(30)22(27(21)32-25)16-28-13-17(2)11-18(3)14-28/h5-10,12,15,17-18,30H,4,11,13-14,16H2,1-3H3/b25-12-/t17-,18-/m1/s1. The number of aryl methyl sites for hydroxylation is 1. The van der Waals surface area contributed by atoms with E-state index < -0.39 is 0 Å². The molecule has 2 aliphatic rings. The molecule has 3 aromatic rings. The number of phenolic OH excluding ortho intramolecular Hbond substituents is 1. The smallest absolute Gasteiger partial charge is 0.231 e. The minimum absolute atomic E-state index is 0.130. The topological polar surface area (TPSA) is 54.7 Å². The molecule has 1 fully saturated rings. The molecule has 0 aliphatic carbocycles. The minimum atomic E-state index is -0.130. The molecule has 1 saturated heterocycles. The number of carbonyl (C=O) groups excluding carboxylic acids is 1. The van der Waals surface area contributed by atoms with Crippen molar-refractivity contribution in [3.63, 3.8) is 0 Å². The van der Waals surface area contributed by atoms with Gasteiger partial charge in [0, 0.05) is 48.8 Å². The zero-order chi connectivity index (χ0) is 22.4. The molecular formula is C27H30N2O3. The van der Waals surface area contributed by atoms with Gasteiger partial charge in [0.2, 0.25) is 5.78 Å². The molecule has 32 heavy (non-hydrogen) atoms. The number of ketones is 1. The maximum atomic E-state index is 13.2. The normalized spacial score (nSPS) is 22.5. The number of fused-ring (bicyclic) bond motifs is 2. The highest BCUT2D eigenvalue weighted by atomic mass is 16.5. The van der Waals surface area contributed by atoms with E-state index in [-0.39, 0.29) is 11.5 Å². The SMILES string of the molecule is CCn1cc(/C=C2\Oc3c(ccc(O)c3CN3C[C@H](C)C[C@@H](C)C3)C2=O)c2ccccc21. The lowest BCUT2D eigenvalue weighted by Gasteiger charge is -2.35. The van der Waals surface area contributed by atoms with Gasteiger partial charge in [-0.3, -0.25) is 9.69 Å². The Hall–Kier alpha value is -3.05. The van der Waals surface area contributed by atoms with Gasteiger partial charge in [-0.15, -0.1) is 0 Å². The maximum absolute atomic E-state index is 13.2. The molecule has 5 rings (SSSR count). The summed E-state index contributed by atoms with van der Waals surface area (Å²) in [6.45, 7) is 10.1. The molecule has 5 nitrogen and oxygen atoms in total. The average Bonchev–Trinajstić information content (AvgIpc) is 3.28. The lowest BCUT2D eigenvalue weighted by atomic mass is 9.91. The van der Waals surface area contributed by atoms with Crippen LogP contribution in [-0.2, 0) is 13.1 Å². The summed E-state index contributed by atoms with van der Waals surface area (Å²) in [7, 11) is 0. The van der Waals surface area contributed by atoms with Gasteiger partial charge >= 0.3 is 0 Å². The van der Waals surface area contributed by atoms with E-state index in [0.717, 1.165) is 36.1 Å². The van der Waals surface area contributed by atoms with Crippen molar-refractivity contribution in [2.45, 2.75) is 40.3 Å². The first-order valence-electron chi connectivity index (χ1n) is 11.5. The fourth-order valence-electron chi connectivity index (χ4n) is 5.39. The molecule has 5 heteroatoms. The Bertz CT molecular complexity index is 1210. The summed E-state index contributed by atoms with van der Waals surface area (Å²) in [5.74, 6) is 2.11. The third-order valence-electron chi connectivity index (χ3n) is 6.69. The van der Waals surface area contributed by atoms with Gasteiger partial charge in [-0.05, 0) is 49.5 Å². The van der Waals surface area contributed by atoms with Crippen LogP contribution in [0.15, 0.2) is 48.4 Å². The van der Waals surface area contributed by atoms with Gasteiger partial charge < -0.3 is 14.4 Å². The third-order valence-corrected chi connectivity index (χ3v) is 6.69. The van der Waals surface area contributed by atoms with Crippen molar-refractivity contribution in [2.24, 2.45) is 11.8 Å². The van der Waals surface area contributed by atoms with Crippen LogP contribution in [0.3, 0.4) is 0 Å². The van der Waals surface area contributed by atoms with Crippen LogP contribution >= 0.6 is 0 Å². The largest absolute Gasteiger partial charge is 0.507 e. The van der Waals surface area contributed by atoms with Crippen molar-refractivity contribution in [3.05, 3.63) is 65.0 Å². The number of phenols is 1. The van der Waals surface area contributed by atoms with E-state index in [9.17, 15) is 9.90 Å². The number of nitrogens with zero attached hydrogens (tertiary/aromatic N) is 2.